The summed E-state index contributed by atoms with van der Waals surface area (Å²) < 4.78 is 13.2. The number of carbonyl (C=O) groups is 1. The van der Waals surface area contributed by atoms with Gasteiger partial charge in [0, 0.05) is 17.7 Å². The number of amides is 1. The zero-order valence-corrected chi connectivity index (χ0v) is 12.4. The second-order valence-corrected chi connectivity index (χ2v) is 5.15. The van der Waals surface area contributed by atoms with Crippen LogP contribution in [-0.2, 0) is 0 Å². The molecule has 0 saturated heterocycles. The third-order valence-electron chi connectivity index (χ3n) is 3.27. The van der Waals surface area contributed by atoms with Gasteiger partial charge >= 0.3 is 5.69 Å². The van der Waals surface area contributed by atoms with Gasteiger partial charge in [-0.05, 0) is 25.5 Å². The second kappa shape index (κ2) is 8.34. The molecule has 1 N–H and O–H groups in total. The van der Waals surface area contributed by atoms with Crippen molar-refractivity contribution >= 4 is 11.6 Å². The number of nitrogens with zero attached hydrogens (tertiary/aromatic N) is 1. The lowest BCUT2D eigenvalue weighted by Crippen LogP contribution is -2.32. The molecule has 1 rings (SSSR count). The van der Waals surface area contributed by atoms with Crippen LogP contribution in [0.3, 0.4) is 0 Å². The minimum absolute atomic E-state index is 0.0153. The summed E-state index contributed by atoms with van der Waals surface area (Å²) in [6, 6.07) is 3.15. The predicted octanol–water partition coefficient (Wildman–Crippen LogP) is 3.82. The Morgan fingerprint density at radius 1 is 1.38 bits per heavy atom. The van der Waals surface area contributed by atoms with Crippen LogP contribution in [0.15, 0.2) is 18.2 Å². The fourth-order valence-corrected chi connectivity index (χ4v) is 2.05. The van der Waals surface area contributed by atoms with Crippen LogP contribution in [0.5, 0.6) is 0 Å². The summed E-state index contributed by atoms with van der Waals surface area (Å²) in [7, 11) is 0. The third kappa shape index (κ3) is 5.49. The zero-order chi connectivity index (χ0) is 15.8. The van der Waals surface area contributed by atoms with E-state index in [0.29, 0.717) is 0 Å². The van der Waals surface area contributed by atoms with E-state index in [-0.39, 0.29) is 11.6 Å². The van der Waals surface area contributed by atoms with Crippen molar-refractivity contribution in [1.82, 2.24) is 5.32 Å². The molecule has 0 spiro atoms. The van der Waals surface area contributed by atoms with Crippen molar-refractivity contribution in [2.24, 2.45) is 0 Å². The molecule has 1 unspecified atom stereocenters. The van der Waals surface area contributed by atoms with E-state index in [2.05, 4.69) is 12.2 Å². The molecule has 0 radical (unpaired) electrons. The normalized spacial score (nSPS) is 12.0. The number of hydrogen-bond acceptors (Lipinski definition) is 3. The van der Waals surface area contributed by atoms with Gasteiger partial charge in [-0.15, -0.1) is 0 Å². The van der Waals surface area contributed by atoms with Crippen LogP contribution in [-0.4, -0.2) is 16.9 Å². The Morgan fingerprint density at radius 3 is 2.71 bits per heavy atom. The molecule has 6 heteroatoms. The fraction of sp³-hybridized carbons (Fsp3) is 0.533. The minimum atomic E-state index is -0.941. The number of nitro benzene ring substituents is 1. The number of benzene rings is 1. The van der Waals surface area contributed by atoms with Crippen molar-refractivity contribution in [2.45, 2.75) is 52.0 Å². The highest BCUT2D eigenvalue weighted by atomic mass is 19.1. The molecular formula is C15H21FN2O3. The average Bonchev–Trinajstić information content (AvgIpc) is 2.43. The molecule has 1 amide bonds. The quantitative estimate of drug-likeness (QED) is 0.450. The van der Waals surface area contributed by atoms with Crippen molar-refractivity contribution in [3.05, 3.63) is 39.7 Å². The Morgan fingerprint density at radius 2 is 2.10 bits per heavy atom. The third-order valence-corrected chi connectivity index (χ3v) is 3.27. The summed E-state index contributed by atoms with van der Waals surface area (Å²) >= 11 is 0. The lowest BCUT2D eigenvalue weighted by Gasteiger charge is -2.13. The zero-order valence-electron chi connectivity index (χ0n) is 12.4. The first-order chi connectivity index (χ1) is 9.95. The highest BCUT2D eigenvalue weighted by Gasteiger charge is 2.18. The number of carbonyl (C=O) groups excluding carboxylic acids is 1. The van der Waals surface area contributed by atoms with Gasteiger partial charge in [0.15, 0.2) is 0 Å². The van der Waals surface area contributed by atoms with Gasteiger partial charge in [-0.3, -0.25) is 14.9 Å². The van der Waals surface area contributed by atoms with E-state index in [9.17, 15) is 19.3 Å². The Labute approximate surface area is 123 Å². The Balaban J connectivity index is 2.59. The lowest BCUT2D eigenvalue weighted by molar-refractivity contribution is -0.387. The highest BCUT2D eigenvalue weighted by Crippen LogP contribution is 2.18. The predicted molar refractivity (Wildman–Crippen MR) is 78.7 cm³/mol. The molecule has 21 heavy (non-hydrogen) atoms. The second-order valence-electron chi connectivity index (χ2n) is 5.15. The summed E-state index contributed by atoms with van der Waals surface area (Å²) in [6.45, 7) is 4.02. The molecule has 0 fully saturated rings. The van der Waals surface area contributed by atoms with E-state index < -0.39 is 22.3 Å². The number of rotatable bonds is 8. The summed E-state index contributed by atoms with van der Waals surface area (Å²) in [4.78, 5) is 21.8. The van der Waals surface area contributed by atoms with Crippen molar-refractivity contribution in [2.75, 3.05) is 0 Å². The summed E-state index contributed by atoms with van der Waals surface area (Å²) in [5.41, 5.74) is -0.582. The van der Waals surface area contributed by atoms with Crippen molar-refractivity contribution in [3.63, 3.8) is 0 Å². The van der Waals surface area contributed by atoms with Crippen molar-refractivity contribution in [3.8, 4) is 0 Å². The maximum absolute atomic E-state index is 13.2. The minimum Gasteiger partial charge on any atom is -0.350 e. The standard InChI is InChI=1S/C15H21FN2O3/c1-3-4-5-6-7-11(2)17-15(19)12-8-9-13(16)14(10-12)18(20)21/h8-11H,3-7H2,1-2H3,(H,17,19). The Kier molecular flexibility index (Phi) is 6.78. The van der Waals surface area contributed by atoms with Gasteiger partial charge in [-0.25, -0.2) is 0 Å². The smallest absolute Gasteiger partial charge is 0.305 e. The van der Waals surface area contributed by atoms with E-state index in [1.165, 1.54) is 12.5 Å². The molecular weight excluding hydrogens is 275 g/mol. The molecule has 1 atom stereocenters. The largest absolute Gasteiger partial charge is 0.350 e. The van der Waals surface area contributed by atoms with Gasteiger partial charge in [-0.2, -0.15) is 4.39 Å². The van der Waals surface area contributed by atoms with Gasteiger partial charge in [0.1, 0.15) is 0 Å². The van der Waals surface area contributed by atoms with E-state index in [0.717, 1.165) is 37.8 Å². The van der Waals surface area contributed by atoms with Crippen molar-refractivity contribution < 1.29 is 14.1 Å². The van der Waals surface area contributed by atoms with Gasteiger partial charge in [0.25, 0.3) is 5.91 Å². The first-order valence-electron chi connectivity index (χ1n) is 7.20. The van der Waals surface area contributed by atoms with Crippen LogP contribution >= 0.6 is 0 Å². The summed E-state index contributed by atoms with van der Waals surface area (Å²) in [6.07, 6.45) is 5.33. The monoisotopic (exact) mass is 296 g/mol. The molecule has 0 bridgehead atoms. The van der Waals surface area contributed by atoms with Gasteiger partial charge in [0.2, 0.25) is 5.82 Å². The van der Waals surface area contributed by atoms with Crippen LogP contribution in [0.1, 0.15) is 56.3 Å². The maximum Gasteiger partial charge on any atom is 0.305 e. The Bertz CT molecular complexity index is 506. The maximum atomic E-state index is 13.2. The first-order valence-corrected chi connectivity index (χ1v) is 7.20. The topological polar surface area (TPSA) is 72.2 Å². The molecule has 1 aromatic carbocycles. The Hall–Kier alpha value is -1.98. The molecule has 0 heterocycles. The average molecular weight is 296 g/mol. The molecule has 116 valence electrons. The molecule has 0 aromatic heterocycles. The first kappa shape index (κ1) is 17.1. The van der Waals surface area contributed by atoms with Gasteiger partial charge in [0.05, 0.1) is 4.92 Å². The number of nitro groups is 1. The van der Waals surface area contributed by atoms with E-state index in [1.54, 1.807) is 0 Å². The summed E-state index contributed by atoms with van der Waals surface area (Å²) in [5.74, 6) is -1.36. The fourth-order valence-electron chi connectivity index (χ4n) is 2.05. The van der Waals surface area contributed by atoms with Crippen LogP contribution in [0.4, 0.5) is 10.1 Å². The van der Waals surface area contributed by atoms with E-state index in [1.807, 2.05) is 6.92 Å². The van der Waals surface area contributed by atoms with Crippen LogP contribution in [0.25, 0.3) is 0 Å². The number of nitrogens with one attached hydrogen (secondary N) is 1. The summed E-state index contributed by atoms with van der Waals surface area (Å²) in [5, 5.41) is 13.4. The van der Waals surface area contributed by atoms with E-state index in [4.69, 9.17) is 0 Å². The molecule has 0 aliphatic rings. The van der Waals surface area contributed by atoms with Gasteiger partial charge in [-0.1, -0.05) is 32.6 Å². The van der Waals surface area contributed by atoms with Gasteiger partial charge < -0.3 is 5.32 Å². The lowest BCUT2D eigenvalue weighted by atomic mass is 10.1. The van der Waals surface area contributed by atoms with E-state index >= 15 is 0 Å². The molecule has 0 saturated carbocycles. The van der Waals surface area contributed by atoms with Crippen LogP contribution < -0.4 is 5.32 Å². The molecule has 0 aliphatic carbocycles. The molecule has 5 nitrogen and oxygen atoms in total. The highest BCUT2D eigenvalue weighted by molar-refractivity contribution is 5.95. The SMILES string of the molecule is CCCCCCC(C)NC(=O)c1ccc(F)c([N+](=O)[O-])c1. The molecule has 0 aliphatic heterocycles. The number of hydrogen-bond donors (Lipinski definition) is 1. The number of unbranched alkanes of at least 4 members (excludes halogenated alkanes) is 3. The molecule has 1 aromatic rings. The van der Waals surface area contributed by atoms with Crippen molar-refractivity contribution in [1.29, 1.82) is 0 Å². The van der Waals surface area contributed by atoms with Crippen LogP contribution in [0, 0.1) is 15.9 Å². The van der Waals surface area contributed by atoms with Crippen LogP contribution in [0.2, 0.25) is 0 Å². The number of halogens is 1.